The van der Waals surface area contributed by atoms with Crippen molar-refractivity contribution in [3.8, 4) is 138 Å². The van der Waals surface area contributed by atoms with Crippen molar-refractivity contribution in [3.63, 3.8) is 0 Å². The number of fused-ring (bicyclic) bond motifs is 3. The molecule has 12 heterocycles. The predicted octanol–water partition coefficient (Wildman–Crippen LogP) is 9.74. The van der Waals surface area contributed by atoms with Crippen LogP contribution >= 0.6 is 0 Å². The number of carbonyl (C=O) groups excluding carboxylic acids is 10. The van der Waals surface area contributed by atoms with E-state index in [1.54, 1.807) is 168 Å². The van der Waals surface area contributed by atoms with Gasteiger partial charge in [0.15, 0.2) is 28.9 Å². The Hall–Kier alpha value is -16.8. The molecule has 6 aliphatic heterocycles. The first-order chi connectivity index (χ1) is 62.4. The minimum absolute atomic E-state index is 0.00639. The molecular formula is C96H76F3N15O16. The van der Waals surface area contributed by atoms with Crippen molar-refractivity contribution < 1.29 is 90.3 Å². The van der Waals surface area contributed by atoms with Gasteiger partial charge < -0.3 is 43.9 Å². The van der Waals surface area contributed by atoms with Gasteiger partial charge in [0, 0.05) is 141 Å². The number of methoxy groups -OCH3 is 3. The van der Waals surface area contributed by atoms with Crippen LogP contribution in [0.25, 0.3) is 67.5 Å². The first-order valence-corrected chi connectivity index (χ1v) is 40.4. The smallest absolute Gasteiger partial charge is 0.310 e. The number of halogens is 3. The van der Waals surface area contributed by atoms with Crippen LogP contribution in [0, 0.1) is 69.2 Å². The van der Waals surface area contributed by atoms with Gasteiger partial charge in [-0.15, -0.1) is 0 Å². The first kappa shape index (κ1) is 86.7. The third-order valence-electron chi connectivity index (χ3n) is 22.6. The summed E-state index contributed by atoms with van der Waals surface area (Å²) in [5, 5.41) is 40.2. The quantitative estimate of drug-likeness (QED) is 0.0321. The minimum Gasteiger partial charge on any atom is -0.506 e. The Morgan fingerprint density at radius 2 is 0.823 bits per heavy atom. The maximum absolute atomic E-state index is 15.4. The summed E-state index contributed by atoms with van der Waals surface area (Å²) in [5.74, 6) is 10.5. The van der Waals surface area contributed by atoms with Gasteiger partial charge in [0.05, 0.1) is 87.4 Å². The van der Waals surface area contributed by atoms with Crippen molar-refractivity contribution >= 4 is 59.1 Å². The minimum atomic E-state index is -1.64. The molecular weight excluding hydrogens is 1680 g/mol. The van der Waals surface area contributed by atoms with Crippen LogP contribution in [-0.4, -0.2) is 169 Å². The molecule has 31 nitrogen and oxygen atoms in total. The van der Waals surface area contributed by atoms with Crippen LogP contribution in [0.1, 0.15) is 97.1 Å². The van der Waals surface area contributed by atoms with Gasteiger partial charge in [-0.05, 0) is 120 Å². The molecule has 3 atom stereocenters. The number of rotatable bonds is 17. The topological polar surface area (TPSA) is 386 Å². The van der Waals surface area contributed by atoms with Gasteiger partial charge in [-0.3, -0.25) is 77.9 Å². The van der Waals surface area contributed by atoms with Gasteiger partial charge in [-0.1, -0.05) is 84.9 Å². The Kier molecular flexibility index (Phi) is 23.5. The number of hydrogen-bond acceptors (Lipinski definition) is 22. The van der Waals surface area contributed by atoms with Crippen LogP contribution in [0.3, 0.4) is 0 Å². The number of aromatic nitrogens is 9. The fourth-order valence-corrected chi connectivity index (χ4v) is 15.8. The molecule has 3 fully saturated rings. The Morgan fingerprint density at radius 3 is 1.24 bits per heavy atom. The van der Waals surface area contributed by atoms with Gasteiger partial charge >= 0.3 is 5.97 Å². The van der Waals surface area contributed by atoms with E-state index in [0.717, 1.165) is 22.8 Å². The third-order valence-corrected chi connectivity index (χ3v) is 22.6. The molecule has 6 aliphatic rings. The van der Waals surface area contributed by atoms with E-state index < -0.39 is 81.0 Å². The number of imide groups is 3. The highest BCUT2D eigenvalue weighted by Crippen LogP contribution is 2.42. The Bertz CT molecular complexity index is 6970. The zero-order chi connectivity index (χ0) is 91.8. The summed E-state index contributed by atoms with van der Waals surface area (Å²) in [4.78, 5) is 145. The average molecular weight is 1750 g/mol. The molecule has 5 N–H and O–H groups in total. The van der Waals surface area contributed by atoms with Crippen LogP contribution in [-0.2, 0) is 74.3 Å². The summed E-state index contributed by atoms with van der Waals surface area (Å²) >= 11 is 0. The van der Waals surface area contributed by atoms with Crippen molar-refractivity contribution in [2.75, 3.05) is 41.0 Å². The lowest BCUT2D eigenvalue weighted by atomic mass is 9.85. The van der Waals surface area contributed by atoms with Gasteiger partial charge in [0.1, 0.15) is 56.4 Å². The molecule has 0 radical (unpaired) electrons. The van der Waals surface area contributed by atoms with E-state index in [9.17, 15) is 66.9 Å². The van der Waals surface area contributed by atoms with Crippen LogP contribution in [0.5, 0.6) is 34.5 Å². The van der Waals surface area contributed by atoms with Crippen LogP contribution in [0.2, 0.25) is 0 Å². The highest BCUT2D eigenvalue weighted by atomic mass is 19.1. The fraction of sp³-hybridized carbons (Fsp3) is 0.208. The zero-order valence-electron chi connectivity index (χ0n) is 70.5. The number of esters is 1. The average Bonchev–Trinajstić information content (AvgIpc) is 1.61. The maximum atomic E-state index is 15.4. The van der Waals surface area contributed by atoms with Crippen molar-refractivity contribution in [3.05, 3.63) is 250 Å². The van der Waals surface area contributed by atoms with E-state index >= 15 is 4.39 Å². The molecule has 0 aliphatic carbocycles. The summed E-state index contributed by atoms with van der Waals surface area (Å²) in [5.41, 5.74) is 5.00. The fourth-order valence-electron chi connectivity index (χ4n) is 15.8. The molecule has 3 saturated heterocycles. The third kappa shape index (κ3) is 17.3. The van der Waals surface area contributed by atoms with E-state index in [2.05, 4.69) is 76.7 Å². The number of nitrogens with one attached hydrogen (secondary N) is 3. The Labute approximate surface area is 739 Å². The zero-order valence-corrected chi connectivity index (χ0v) is 70.5. The number of pyridine rings is 3. The molecule has 130 heavy (non-hydrogen) atoms. The highest BCUT2D eigenvalue weighted by Gasteiger charge is 2.52. The number of amides is 9. The molecule has 9 amide bonds. The van der Waals surface area contributed by atoms with E-state index in [1.165, 1.54) is 61.5 Å². The number of nitrogens with zero attached hydrogens (tertiary/aromatic N) is 12. The second-order valence-electron chi connectivity index (χ2n) is 31.5. The number of benzene rings is 6. The number of ether oxygens (including phenoxy) is 4. The van der Waals surface area contributed by atoms with E-state index in [0.29, 0.717) is 91.0 Å². The lowest BCUT2D eigenvalue weighted by molar-refractivity contribution is -0.134. The molecule has 0 saturated carbocycles. The predicted molar refractivity (Wildman–Crippen MR) is 459 cm³/mol. The molecule has 12 aromatic rings. The van der Waals surface area contributed by atoms with Crippen molar-refractivity contribution in [1.82, 2.24) is 74.9 Å². The molecule has 34 heteroatoms. The maximum Gasteiger partial charge on any atom is 0.310 e. The van der Waals surface area contributed by atoms with Crippen molar-refractivity contribution in [1.29, 1.82) is 0 Å². The van der Waals surface area contributed by atoms with Gasteiger partial charge in [0.25, 0.3) is 17.7 Å². The Balaban J connectivity index is 0.000000143. The van der Waals surface area contributed by atoms with E-state index in [4.69, 9.17) is 23.9 Å². The van der Waals surface area contributed by atoms with Crippen molar-refractivity contribution in [2.45, 2.75) is 52.2 Å². The normalized spacial score (nSPS) is 17.4. The summed E-state index contributed by atoms with van der Waals surface area (Å²) in [6.07, 6.45) is 9.87. The molecule has 0 unspecified atom stereocenters. The monoisotopic (exact) mass is 1750 g/mol. The van der Waals surface area contributed by atoms with E-state index in [1.807, 2.05) is 25.5 Å². The lowest BCUT2D eigenvalue weighted by Gasteiger charge is -2.25. The molecule has 652 valence electrons. The molecule has 18 rings (SSSR count). The van der Waals surface area contributed by atoms with Crippen LogP contribution in [0.15, 0.2) is 183 Å². The SMILES string of the molecule is CCC(=O)Oc1ccc(-c2cnn(C)c2)nc1-c1ccc(C#C[C@]2(CN3Cc4ccc(OC)cc4C3=O)CC(=O)NC2=O)cc1.COc1ccc2c(c1F)C(=O)N(C[C@@]1(C#Cc3ccc(-c4nc(-c5cnn(C)c5)ccc4O)c(F)c3)CC(=O)NC1=O)C2.COc1ccc2c(c1F)C(=O)N(C[C@@]1(C#Cc3ccc(-c4nc(-c5cnn(C)c5)ccc4O)cc3)CC(=O)NC1=O)C2. The van der Waals surface area contributed by atoms with Crippen LogP contribution < -0.4 is 34.9 Å². The lowest BCUT2D eigenvalue weighted by Crippen LogP contribution is -2.42. The number of aromatic hydroxyl groups is 2. The summed E-state index contributed by atoms with van der Waals surface area (Å²) in [6.45, 7) is 1.58. The standard InChI is InChI=1S/C34H29N5O6.C31H23F2N5O5.C31H24FN5O5/c1-4-30(41)45-28-12-11-27(24-17-35-38(2)18-24)36-31(28)22-7-5-21(6-8-22)13-14-34(16-29(40)37-33(34)43)20-39-19-23-9-10-25(44-3)15-26(23)32(39)42;1-37-14-19(13-34-37)22-6-7-23(39)28(35-22)20-5-3-17(11-21(20)32)9-10-31(12-25(40)36-30(31)42)16-38-15-18-4-8-24(43-2)27(33)26(18)29(38)41;1-36-15-21(14-33-36)22-8-9-23(38)28(34-22)19-5-3-18(4-6-19)11-12-31(13-25(39)35-30(31)41)17-37-16-20-7-10-24(42-2)27(32)26(20)29(37)40/h5-12,15,17-18H,4,16,19-20H2,1-3H3,(H,37,40,43);3-8,11,13-14,39H,12,15-16H2,1-2H3,(H,36,40,42);3-10,14-15,38H,13,16-17H2,1-2H3,(H,35,39,41)/t34-;2*31-/m111/s1. The first-order valence-electron chi connectivity index (χ1n) is 40.4. The summed E-state index contributed by atoms with van der Waals surface area (Å²) < 4.78 is 70.8. The van der Waals surface area contributed by atoms with Gasteiger partial charge in [0.2, 0.25) is 35.4 Å². The largest absolute Gasteiger partial charge is 0.506 e. The van der Waals surface area contributed by atoms with Crippen molar-refractivity contribution in [2.24, 2.45) is 37.4 Å². The summed E-state index contributed by atoms with van der Waals surface area (Å²) in [6, 6.07) is 39.1. The number of hydrogen-bond donors (Lipinski definition) is 5. The Morgan fingerprint density at radius 1 is 0.431 bits per heavy atom. The second kappa shape index (κ2) is 35.3. The molecule has 0 spiro atoms. The molecule has 0 bridgehead atoms. The molecule has 6 aromatic heterocycles. The number of aryl methyl sites for hydroxylation is 3. The summed E-state index contributed by atoms with van der Waals surface area (Å²) in [7, 11) is 9.50. The number of carbonyl (C=O) groups is 10. The van der Waals surface area contributed by atoms with Gasteiger partial charge in [-0.2, -0.15) is 15.3 Å². The second-order valence-corrected chi connectivity index (χ2v) is 31.5. The van der Waals surface area contributed by atoms with Gasteiger partial charge in [-0.25, -0.2) is 28.1 Å². The highest BCUT2D eigenvalue weighted by molar-refractivity contribution is 6.11. The molecule has 6 aromatic carbocycles. The van der Waals surface area contributed by atoms with E-state index in [-0.39, 0.29) is 121 Å². The van der Waals surface area contributed by atoms with Crippen LogP contribution in [0.4, 0.5) is 13.2 Å².